The molecule has 1 N–H and O–H groups in total. The maximum atomic E-state index is 11.8. The average molecular weight is 310 g/mol. The minimum atomic E-state index is -0.869. The van der Waals surface area contributed by atoms with E-state index in [4.69, 9.17) is 6.42 Å². The van der Waals surface area contributed by atoms with Crippen molar-refractivity contribution in [3.63, 3.8) is 0 Å². The van der Waals surface area contributed by atoms with E-state index in [1.54, 1.807) is 0 Å². The molecule has 0 aromatic rings. The Morgan fingerprint density at radius 2 is 2.04 bits per heavy atom. The van der Waals surface area contributed by atoms with Gasteiger partial charge in [-0.1, -0.05) is 18.4 Å². The van der Waals surface area contributed by atoms with E-state index in [0.29, 0.717) is 35.4 Å². The Balaban J connectivity index is 1.52. The van der Waals surface area contributed by atoms with Gasteiger partial charge in [0.2, 0.25) is 0 Å². The first-order valence-corrected chi connectivity index (χ1v) is 9.43. The van der Waals surface area contributed by atoms with Gasteiger partial charge in [-0.15, -0.1) is 6.42 Å². The highest BCUT2D eigenvalue weighted by Crippen LogP contribution is 2.75. The molecule has 5 rings (SSSR count). The van der Waals surface area contributed by atoms with Gasteiger partial charge in [0, 0.05) is 17.8 Å². The molecule has 23 heavy (non-hydrogen) atoms. The van der Waals surface area contributed by atoms with Gasteiger partial charge in [-0.3, -0.25) is 4.79 Å². The molecule has 2 heteroatoms. The van der Waals surface area contributed by atoms with Gasteiger partial charge in [-0.2, -0.15) is 0 Å². The molecule has 0 amide bonds. The van der Waals surface area contributed by atoms with Crippen molar-refractivity contribution in [2.45, 2.75) is 57.5 Å². The van der Waals surface area contributed by atoms with Crippen LogP contribution in [0.2, 0.25) is 0 Å². The first-order chi connectivity index (χ1) is 11.0. The van der Waals surface area contributed by atoms with Gasteiger partial charge >= 0.3 is 0 Å². The summed E-state index contributed by atoms with van der Waals surface area (Å²) in [6.07, 6.45) is 15.2. The maximum absolute atomic E-state index is 11.8. The SMILES string of the molecule is C#C[C@]1(O)[C@H]2C[C@H]2[C@H]2[C@@H]3CCC4=CC(=O)CC[C@@H]4[C@H]3CC[C@@]21C. The summed E-state index contributed by atoms with van der Waals surface area (Å²) in [5, 5.41) is 11.2. The molecule has 0 aromatic carbocycles. The second-order valence-electron chi connectivity index (χ2n) is 9.10. The molecule has 5 aliphatic carbocycles. The summed E-state index contributed by atoms with van der Waals surface area (Å²) in [5.41, 5.74) is 0.484. The van der Waals surface area contributed by atoms with Crippen molar-refractivity contribution in [1.82, 2.24) is 0 Å². The predicted molar refractivity (Wildman–Crippen MR) is 88.2 cm³/mol. The molecule has 0 unspecified atom stereocenters. The Kier molecular flexibility index (Phi) is 2.68. The Hall–Kier alpha value is -1.07. The molecule has 2 nitrogen and oxygen atoms in total. The van der Waals surface area contributed by atoms with Crippen LogP contribution in [0, 0.1) is 53.3 Å². The van der Waals surface area contributed by atoms with Crippen LogP contribution in [0.4, 0.5) is 0 Å². The summed E-state index contributed by atoms with van der Waals surface area (Å²) < 4.78 is 0. The van der Waals surface area contributed by atoms with E-state index in [1.807, 2.05) is 6.08 Å². The Morgan fingerprint density at radius 3 is 2.83 bits per heavy atom. The van der Waals surface area contributed by atoms with Crippen LogP contribution in [0.25, 0.3) is 0 Å². The molecule has 0 aromatic heterocycles. The van der Waals surface area contributed by atoms with Crippen molar-refractivity contribution < 1.29 is 9.90 Å². The molecular formula is C21H26O2. The van der Waals surface area contributed by atoms with Gasteiger partial charge in [0.15, 0.2) is 5.78 Å². The highest BCUT2D eigenvalue weighted by atomic mass is 16.3. The highest BCUT2D eigenvalue weighted by molar-refractivity contribution is 5.91. The summed E-state index contributed by atoms with van der Waals surface area (Å²) in [7, 11) is 0. The third-order valence-corrected chi connectivity index (χ3v) is 8.48. The standard InChI is InChI=1S/C21H26O2/c1-3-21(23)18-11-17(18)19-16-6-4-12-10-13(22)5-7-14(12)15(16)8-9-20(19,21)2/h1,10,14-19,23H,4-9,11H2,2H3/t14-,15+,16+,17+,18-,19+,20-,21-/m0/s1. The minimum Gasteiger partial charge on any atom is -0.377 e. The molecule has 4 fully saturated rings. The van der Waals surface area contributed by atoms with E-state index < -0.39 is 5.60 Å². The normalized spacial score (nSPS) is 56.6. The monoisotopic (exact) mass is 310 g/mol. The van der Waals surface area contributed by atoms with Crippen LogP contribution in [-0.2, 0) is 4.79 Å². The topological polar surface area (TPSA) is 37.3 Å². The molecule has 0 aliphatic heterocycles. The van der Waals surface area contributed by atoms with Gasteiger partial charge in [-0.05, 0) is 74.2 Å². The van der Waals surface area contributed by atoms with E-state index in [0.717, 1.165) is 38.0 Å². The number of fused-ring (bicyclic) bond motifs is 7. The fourth-order valence-electron chi connectivity index (χ4n) is 7.45. The molecular weight excluding hydrogens is 284 g/mol. The van der Waals surface area contributed by atoms with Crippen molar-refractivity contribution in [2.75, 3.05) is 0 Å². The van der Waals surface area contributed by atoms with Gasteiger partial charge in [0.1, 0.15) is 5.60 Å². The number of rotatable bonds is 0. The van der Waals surface area contributed by atoms with Gasteiger partial charge in [0.05, 0.1) is 0 Å². The first kappa shape index (κ1) is 14.3. The Bertz CT molecular complexity index is 655. The maximum Gasteiger partial charge on any atom is 0.155 e. The van der Waals surface area contributed by atoms with Crippen LogP contribution in [0.1, 0.15) is 51.9 Å². The molecule has 0 bridgehead atoms. The number of ketones is 1. The summed E-state index contributed by atoms with van der Waals surface area (Å²) in [4.78, 5) is 11.8. The quantitative estimate of drug-likeness (QED) is 0.697. The van der Waals surface area contributed by atoms with Gasteiger partial charge < -0.3 is 5.11 Å². The lowest BCUT2D eigenvalue weighted by molar-refractivity contribution is -0.118. The molecule has 0 heterocycles. The predicted octanol–water partition coefficient (Wildman–Crippen LogP) is 3.35. The third-order valence-electron chi connectivity index (χ3n) is 8.48. The van der Waals surface area contributed by atoms with Crippen molar-refractivity contribution in [1.29, 1.82) is 0 Å². The number of aliphatic hydroxyl groups is 1. The van der Waals surface area contributed by atoms with E-state index >= 15 is 0 Å². The Morgan fingerprint density at radius 1 is 1.22 bits per heavy atom. The average Bonchev–Trinajstić information content (AvgIpc) is 3.30. The van der Waals surface area contributed by atoms with Crippen molar-refractivity contribution in [3.05, 3.63) is 11.6 Å². The summed E-state index contributed by atoms with van der Waals surface area (Å²) >= 11 is 0. The molecule has 122 valence electrons. The van der Waals surface area contributed by atoms with Crippen molar-refractivity contribution in [3.8, 4) is 12.3 Å². The van der Waals surface area contributed by atoms with Crippen molar-refractivity contribution >= 4 is 5.78 Å². The lowest BCUT2D eigenvalue weighted by Crippen LogP contribution is -2.54. The van der Waals surface area contributed by atoms with E-state index in [1.165, 1.54) is 18.4 Å². The minimum absolute atomic E-state index is 0.0811. The van der Waals surface area contributed by atoms with Crippen LogP contribution in [-0.4, -0.2) is 16.5 Å². The lowest BCUT2D eigenvalue weighted by Gasteiger charge is -2.56. The van der Waals surface area contributed by atoms with Crippen molar-refractivity contribution in [2.24, 2.45) is 40.9 Å². The third kappa shape index (κ3) is 1.58. The molecule has 8 atom stereocenters. The van der Waals surface area contributed by atoms with Crippen LogP contribution in [0.5, 0.6) is 0 Å². The lowest BCUT2D eigenvalue weighted by atomic mass is 9.49. The summed E-state index contributed by atoms with van der Waals surface area (Å²) in [5.74, 6) is 6.84. The van der Waals surface area contributed by atoms with Gasteiger partial charge in [-0.25, -0.2) is 0 Å². The number of allylic oxidation sites excluding steroid dienone is 1. The zero-order chi connectivity index (χ0) is 16.0. The molecule has 0 radical (unpaired) electrons. The summed E-state index contributed by atoms with van der Waals surface area (Å²) in [6.45, 7) is 2.27. The number of terminal acetylenes is 1. The second kappa shape index (κ2) is 4.31. The zero-order valence-corrected chi connectivity index (χ0v) is 13.9. The van der Waals surface area contributed by atoms with E-state index in [-0.39, 0.29) is 5.41 Å². The van der Waals surface area contributed by atoms with Gasteiger partial charge in [0.25, 0.3) is 0 Å². The number of hydrogen-bond donors (Lipinski definition) is 1. The number of carbonyl (C=O) groups is 1. The highest BCUT2D eigenvalue weighted by Gasteiger charge is 2.75. The molecule has 0 saturated heterocycles. The van der Waals surface area contributed by atoms with Crippen LogP contribution < -0.4 is 0 Å². The fraction of sp³-hybridized carbons (Fsp3) is 0.762. The van der Waals surface area contributed by atoms with E-state index in [9.17, 15) is 9.90 Å². The number of carbonyl (C=O) groups excluding carboxylic acids is 1. The molecule has 5 aliphatic rings. The van der Waals surface area contributed by atoms with E-state index in [2.05, 4.69) is 12.8 Å². The smallest absolute Gasteiger partial charge is 0.155 e. The van der Waals surface area contributed by atoms with Crippen LogP contribution >= 0.6 is 0 Å². The Labute approximate surface area is 138 Å². The zero-order valence-electron chi connectivity index (χ0n) is 13.9. The van der Waals surface area contributed by atoms with Crippen LogP contribution in [0.3, 0.4) is 0 Å². The first-order valence-electron chi connectivity index (χ1n) is 9.43. The summed E-state index contributed by atoms with van der Waals surface area (Å²) in [6, 6.07) is 0. The largest absolute Gasteiger partial charge is 0.377 e. The molecule has 0 spiro atoms. The fourth-order valence-corrected chi connectivity index (χ4v) is 7.45. The second-order valence-corrected chi connectivity index (χ2v) is 9.10. The molecule has 4 saturated carbocycles. The number of hydrogen-bond acceptors (Lipinski definition) is 2. The van der Waals surface area contributed by atoms with Crippen LogP contribution in [0.15, 0.2) is 11.6 Å².